The molecule has 3 heteroatoms. The van der Waals surface area contributed by atoms with E-state index in [9.17, 15) is 0 Å². The molecule has 1 atom stereocenters. The van der Waals surface area contributed by atoms with Crippen molar-refractivity contribution in [1.29, 1.82) is 0 Å². The van der Waals surface area contributed by atoms with Crippen LogP contribution in [0.2, 0.25) is 0 Å². The summed E-state index contributed by atoms with van der Waals surface area (Å²) in [5.41, 5.74) is 9.42. The van der Waals surface area contributed by atoms with Crippen LogP contribution in [0.15, 0.2) is 30.5 Å². The topological polar surface area (TPSA) is 43.8 Å². The van der Waals surface area contributed by atoms with Crippen molar-refractivity contribution in [2.24, 2.45) is 12.8 Å². The second-order valence-corrected chi connectivity index (χ2v) is 4.40. The first kappa shape index (κ1) is 11.9. The summed E-state index contributed by atoms with van der Waals surface area (Å²) in [6, 6.07) is 8.54. The Morgan fingerprint density at radius 3 is 2.41 bits per heavy atom. The second kappa shape index (κ2) is 4.72. The molecule has 0 aliphatic heterocycles. The number of imidazole rings is 1. The van der Waals surface area contributed by atoms with Gasteiger partial charge in [0.05, 0.1) is 11.9 Å². The Morgan fingerprint density at radius 1 is 1.29 bits per heavy atom. The van der Waals surface area contributed by atoms with Crippen molar-refractivity contribution < 1.29 is 0 Å². The Bertz CT molecular complexity index is 495. The van der Waals surface area contributed by atoms with E-state index in [2.05, 4.69) is 40.7 Å². The monoisotopic (exact) mass is 229 g/mol. The lowest BCUT2D eigenvalue weighted by Crippen LogP contribution is -2.10. The number of aryl methyl sites for hydroxylation is 1. The summed E-state index contributed by atoms with van der Waals surface area (Å²) in [6.45, 7) is 4.13. The first-order valence-electron chi connectivity index (χ1n) is 6.00. The third-order valence-electron chi connectivity index (χ3n) is 3.11. The van der Waals surface area contributed by atoms with Crippen LogP contribution in [0.3, 0.4) is 0 Å². The summed E-state index contributed by atoms with van der Waals surface area (Å²) in [4.78, 5) is 4.45. The molecule has 0 amide bonds. The Balaban J connectivity index is 2.39. The van der Waals surface area contributed by atoms with Gasteiger partial charge < -0.3 is 10.3 Å². The predicted molar refractivity (Wildman–Crippen MR) is 70.6 cm³/mol. The first-order chi connectivity index (χ1) is 8.13. The van der Waals surface area contributed by atoms with E-state index in [-0.39, 0.29) is 6.04 Å². The van der Waals surface area contributed by atoms with Crippen molar-refractivity contribution >= 4 is 0 Å². The van der Waals surface area contributed by atoms with Gasteiger partial charge in [0.1, 0.15) is 5.82 Å². The van der Waals surface area contributed by atoms with Gasteiger partial charge in [-0.15, -0.1) is 0 Å². The molecule has 90 valence electrons. The quantitative estimate of drug-likeness (QED) is 0.879. The van der Waals surface area contributed by atoms with Gasteiger partial charge in [-0.2, -0.15) is 0 Å². The molecule has 1 aromatic carbocycles. The number of hydrogen-bond acceptors (Lipinski definition) is 2. The summed E-state index contributed by atoms with van der Waals surface area (Å²) in [5.74, 6) is 0.972. The van der Waals surface area contributed by atoms with Crippen LogP contribution in [-0.4, -0.2) is 9.55 Å². The molecule has 2 N–H and O–H groups in total. The van der Waals surface area contributed by atoms with Gasteiger partial charge in [-0.3, -0.25) is 0 Å². The van der Waals surface area contributed by atoms with Gasteiger partial charge in [-0.05, 0) is 18.9 Å². The Hall–Kier alpha value is -1.61. The zero-order chi connectivity index (χ0) is 12.4. The van der Waals surface area contributed by atoms with Crippen LogP contribution in [-0.2, 0) is 13.5 Å². The highest BCUT2D eigenvalue weighted by Crippen LogP contribution is 2.21. The highest BCUT2D eigenvalue weighted by atomic mass is 15.1. The van der Waals surface area contributed by atoms with E-state index in [1.54, 1.807) is 0 Å². The third kappa shape index (κ3) is 2.24. The molecule has 0 aliphatic rings. The van der Waals surface area contributed by atoms with Gasteiger partial charge in [0.15, 0.2) is 0 Å². The molecular weight excluding hydrogens is 210 g/mol. The van der Waals surface area contributed by atoms with E-state index in [0.29, 0.717) is 0 Å². The highest BCUT2D eigenvalue weighted by molar-refractivity contribution is 5.56. The number of hydrogen-bond donors (Lipinski definition) is 1. The lowest BCUT2D eigenvalue weighted by atomic mass is 10.1. The van der Waals surface area contributed by atoms with Gasteiger partial charge in [-0.25, -0.2) is 4.98 Å². The number of nitrogens with two attached hydrogens (primary N) is 1. The maximum absolute atomic E-state index is 5.89. The molecule has 3 nitrogen and oxygen atoms in total. The minimum atomic E-state index is 0.0103. The molecule has 0 aliphatic carbocycles. The molecule has 0 spiro atoms. The fourth-order valence-corrected chi connectivity index (χ4v) is 2.00. The molecule has 0 saturated carbocycles. The molecule has 1 unspecified atom stereocenters. The van der Waals surface area contributed by atoms with Crippen LogP contribution >= 0.6 is 0 Å². The largest absolute Gasteiger partial charge is 0.330 e. The smallest absolute Gasteiger partial charge is 0.139 e. The maximum Gasteiger partial charge on any atom is 0.139 e. The van der Waals surface area contributed by atoms with E-state index >= 15 is 0 Å². The average molecular weight is 229 g/mol. The maximum atomic E-state index is 5.89. The zero-order valence-corrected chi connectivity index (χ0v) is 10.6. The fraction of sp³-hybridized carbons (Fsp3) is 0.357. The lowest BCUT2D eigenvalue weighted by molar-refractivity contribution is 0.718. The van der Waals surface area contributed by atoms with E-state index in [4.69, 9.17) is 5.73 Å². The molecule has 2 aromatic rings. The highest BCUT2D eigenvalue weighted by Gasteiger charge is 2.10. The average Bonchev–Trinajstić information content (AvgIpc) is 2.71. The summed E-state index contributed by atoms with van der Waals surface area (Å²) in [5, 5.41) is 0. The van der Waals surface area contributed by atoms with Crippen molar-refractivity contribution in [2.75, 3.05) is 0 Å². The van der Waals surface area contributed by atoms with Gasteiger partial charge >= 0.3 is 0 Å². The number of aromatic nitrogens is 2. The SMILES string of the molecule is CCc1ccc(-c2ncc(C(C)N)n2C)cc1. The molecule has 2 rings (SSSR count). The minimum Gasteiger partial charge on any atom is -0.330 e. The predicted octanol–water partition coefficient (Wildman–Crippen LogP) is 2.67. The van der Waals surface area contributed by atoms with Crippen LogP contribution in [0.25, 0.3) is 11.4 Å². The van der Waals surface area contributed by atoms with Crippen LogP contribution in [0.5, 0.6) is 0 Å². The molecule has 0 fully saturated rings. The molecule has 17 heavy (non-hydrogen) atoms. The molecule has 0 saturated heterocycles. The van der Waals surface area contributed by atoms with Crippen molar-refractivity contribution in [1.82, 2.24) is 9.55 Å². The van der Waals surface area contributed by atoms with Gasteiger partial charge in [0.2, 0.25) is 0 Å². The van der Waals surface area contributed by atoms with Gasteiger partial charge in [-0.1, -0.05) is 31.2 Å². The van der Waals surface area contributed by atoms with Crippen molar-refractivity contribution in [3.05, 3.63) is 41.7 Å². The standard InChI is InChI=1S/C14H19N3/c1-4-11-5-7-12(8-6-11)14-16-9-13(10(2)15)17(14)3/h5-10H,4,15H2,1-3H3. The normalized spacial score (nSPS) is 12.7. The lowest BCUT2D eigenvalue weighted by Gasteiger charge is -2.08. The van der Waals surface area contributed by atoms with Crippen molar-refractivity contribution in [2.45, 2.75) is 26.3 Å². The van der Waals surface area contributed by atoms with Crippen LogP contribution in [0.4, 0.5) is 0 Å². The first-order valence-corrected chi connectivity index (χ1v) is 6.00. The molecule has 0 radical (unpaired) electrons. The van der Waals surface area contributed by atoms with E-state index in [0.717, 1.165) is 23.5 Å². The van der Waals surface area contributed by atoms with Gasteiger partial charge in [0, 0.05) is 18.7 Å². The fourth-order valence-electron chi connectivity index (χ4n) is 2.00. The Morgan fingerprint density at radius 2 is 1.94 bits per heavy atom. The summed E-state index contributed by atoms with van der Waals surface area (Å²) in [6.07, 6.45) is 2.92. The molecule has 1 heterocycles. The number of rotatable bonds is 3. The zero-order valence-electron chi connectivity index (χ0n) is 10.6. The van der Waals surface area contributed by atoms with Crippen molar-refractivity contribution in [3.63, 3.8) is 0 Å². The van der Waals surface area contributed by atoms with E-state index in [1.165, 1.54) is 5.56 Å². The van der Waals surface area contributed by atoms with Crippen molar-refractivity contribution in [3.8, 4) is 11.4 Å². The Labute approximate surface area is 102 Å². The summed E-state index contributed by atoms with van der Waals surface area (Å²) < 4.78 is 2.06. The van der Waals surface area contributed by atoms with Crippen LogP contribution in [0, 0.1) is 0 Å². The van der Waals surface area contributed by atoms with Gasteiger partial charge in [0.25, 0.3) is 0 Å². The third-order valence-corrected chi connectivity index (χ3v) is 3.11. The molecule has 1 aromatic heterocycles. The second-order valence-electron chi connectivity index (χ2n) is 4.40. The van der Waals surface area contributed by atoms with Crippen LogP contribution in [0.1, 0.15) is 31.1 Å². The summed E-state index contributed by atoms with van der Waals surface area (Å²) in [7, 11) is 2.01. The summed E-state index contributed by atoms with van der Waals surface area (Å²) >= 11 is 0. The molecular formula is C14H19N3. The van der Waals surface area contributed by atoms with E-state index in [1.807, 2.05) is 20.2 Å². The van der Waals surface area contributed by atoms with E-state index < -0.39 is 0 Å². The number of benzene rings is 1. The Kier molecular flexibility index (Phi) is 3.29. The van der Waals surface area contributed by atoms with Crippen LogP contribution < -0.4 is 5.73 Å². The minimum absolute atomic E-state index is 0.0103. The molecule has 0 bridgehead atoms. The number of nitrogens with zero attached hydrogens (tertiary/aromatic N) is 2.